The van der Waals surface area contributed by atoms with E-state index in [4.69, 9.17) is 18.6 Å². The third-order valence-electron chi connectivity index (χ3n) is 5.99. The number of halogens is 1. The fourth-order valence-electron chi connectivity index (χ4n) is 3.02. The number of hydrogen-bond donors (Lipinski definition) is 0. The highest BCUT2D eigenvalue weighted by atomic mass is 28.4. The van der Waals surface area contributed by atoms with Gasteiger partial charge in [0.2, 0.25) is 5.75 Å². The molecule has 0 radical (unpaired) electrons. The highest BCUT2D eigenvalue weighted by Crippen LogP contribution is 2.37. The molecule has 0 saturated carbocycles. The van der Waals surface area contributed by atoms with Crippen LogP contribution in [-0.2, 0) is 13.9 Å². The Balaban J connectivity index is 2.14. The highest BCUT2D eigenvalue weighted by Gasteiger charge is 2.41. The molecule has 2 rings (SSSR count). The standard InChI is InChI=1S/C23H37FN2O7Si/c1-22(2,3)33-21(27)25-12-17(15-31-20-18(24)10-9-11-19(20)26(28)29)30-13-16(25)14-32-34(7,8)23(4,5)6/h9-11,16-17H,12-15H2,1-8H3/t16-,17-/m0/s1. The molecule has 0 bridgehead atoms. The summed E-state index contributed by atoms with van der Waals surface area (Å²) in [5.74, 6) is -1.29. The van der Waals surface area contributed by atoms with Crippen molar-refractivity contribution in [3.8, 4) is 5.75 Å². The van der Waals surface area contributed by atoms with Crippen molar-refractivity contribution in [3.63, 3.8) is 0 Å². The molecule has 1 amide bonds. The van der Waals surface area contributed by atoms with Gasteiger partial charge in [-0.1, -0.05) is 26.8 Å². The Morgan fingerprint density at radius 1 is 1.24 bits per heavy atom. The quantitative estimate of drug-likeness (QED) is 0.290. The molecule has 11 heteroatoms. The summed E-state index contributed by atoms with van der Waals surface area (Å²) in [4.78, 5) is 25.0. The normalized spacial score (nSPS) is 19.6. The number of nitro benzene ring substituents is 1. The van der Waals surface area contributed by atoms with Gasteiger partial charge in [-0.15, -0.1) is 0 Å². The minimum atomic E-state index is -2.06. The summed E-state index contributed by atoms with van der Waals surface area (Å²) < 4.78 is 37.4. The zero-order valence-electron chi connectivity index (χ0n) is 21.3. The maximum absolute atomic E-state index is 14.2. The number of amides is 1. The Bertz CT molecular complexity index is 883. The van der Waals surface area contributed by atoms with Crippen molar-refractivity contribution in [2.75, 3.05) is 26.4 Å². The fraction of sp³-hybridized carbons (Fsp3) is 0.696. The van der Waals surface area contributed by atoms with Gasteiger partial charge < -0.3 is 18.6 Å². The third kappa shape index (κ3) is 7.38. The summed E-state index contributed by atoms with van der Waals surface area (Å²) in [5.41, 5.74) is -1.17. The predicted octanol–water partition coefficient (Wildman–Crippen LogP) is 5.14. The Kier molecular flexibility index (Phi) is 8.70. The van der Waals surface area contributed by atoms with Crippen LogP contribution in [0.1, 0.15) is 41.5 Å². The SMILES string of the molecule is CC(C)(C)OC(=O)N1C[C@@H](COc2c(F)cccc2[N+](=O)[O-])OC[C@H]1CO[Si](C)(C)C(C)(C)C. The van der Waals surface area contributed by atoms with E-state index in [9.17, 15) is 19.3 Å². The average Bonchev–Trinajstić information content (AvgIpc) is 2.69. The summed E-state index contributed by atoms with van der Waals surface area (Å²) in [6, 6.07) is 3.13. The first-order chi connectivity index (χ1) is 15.5. The van der Waals surface area contributed by atoms with Crippen LogP contribution in [0.4, 0.5) is 14.9 Å². The van der Waals surface area contributed by atoms with Crippen molar-refractivity contribution in [2.45, 2.75) is 77.4 Å². The summed E-state index contributed by atoms with van der Waals surface area (Å²) >= 11 is 0. The molecule has 192 valence electrons. The van der Waals surface area contributed by atoms with Crippen molar-refractivity contribution >= 4 is 20.1 Å². The van der Waals surface area contributed by atoms with E-state index in [1.54, 1.807) is 25.7 Å². The zero-order valence-corrected chi connectivity index (χ0v) is 22.3. The minimum Gasteiger partial charge on any atom is -0.482 e. The van der Waals surface area contributed by atoms with E-state index in [0.717, 1.165) is 6.07 Å². The number of carbonyl (C=O) groups is 1. The monoisotopic (exact) mass is 500 g/mol. The molecule has 9 nitrogen and oxygen atoms in total. The Hall–Kier alpha value is -2.24. The van der Waals surface area contributed by atoms with Crippen LogP contribution in [0.5, 0.6) is 5.75 Å². The smallest absolute Gasteiger partial charge is 0.410 e. The molecule has 0 unspecified atom stereocenters. The molecule has 1 aliphatic rings. The molecule has 0 aromatic heterocycles. The predicted molar refractivity (Wildman–Crippen MR) is 128 cm³/mol. The molecule has 1 saturated heterocycles. The second-order valence-corrected chi connectivity index (χ2v) is 15.8. The molecule has 34 heavy (non-hydrogen) atoms. The van der Waals surface area contributed by atoms with E-state index in [2.05, 4.69) is 33.9 Å². The molecule has 2 atom stereocenters. The molecule has 1 aromatic rings. The number of nitro groups is 1. The number of morpholine rings is 1. The van der Waals surface area contributed by atoms with Gasteiger partial charge in [0.1, 0.15) is 18.3 Å². The maximum atomic E-state index is 14.2. The van der Waals surface area contributed by atoms with Gasteiger partial charge >= 0.3 is 11.8 Å². The minimum absolute atomic E-state index is 0.00409. The van der Waals surface area contributed by atoms with E-state index in [-0.39, 0.29) is 30.8 Å². The van der Waals surface area contributed by atoms with Crippen LogP contribution < -0.4 is 4.74 Å². The van der Waals surface area contributed by atoms with Crippen molar-refractivity contribution in [3.05, 3.63) is 34.1 Å². The Morgan fingerprint density at radius 2 is 1.88 bits per heavy atom. The van der Waals surface area contributed by atoms with Gasteiger partial charge in [-0.3, -0.25) is 15.0 Å². The van der Waals surface area contributed by atoms with Crippen LogP contribution in [0.15, 0.2) is 18.2 Å². The first kappa shape index (κ1) is 28.0. The molecule has 1 aliphatic heterocycles. The van der Waals surface area contributed by atoms with E-state index in [1.807, 2.05) is 0 Å². The van der Waals surface area contributed by atoms with Gasteiger partial charge in [0.15, 0.2) is 14.1 Å². The molecular formula is C23H37FN2O7Si. The lowest BCUT2D eigenvalue weighted by Crippen LogP contribution is -2.57. The van der Waals surface area contributed by atoms with Gasteiger partial charge in [-0.25, -0.2) is 9.18 Å². The maximum Gasteiger partial charge on any atom is 0.410 e. The molecule has 1 aromatic carbocycles. The van der Waals surface area contributed by atoms with Crippen LogP contribution in [0.2, 0.25) is 18.1 Å². The van der Waals surface area contributed by atoms with Crippen LogP contribution >= 0.6 is 0 Å². The molecule has 1 fully saturated rings. The van der Waals surface area contributed by atoms with E-state index in [1.165, 1.54) is 12.1 Å². The molecule has 0 aliphatic carbocycles. The van der Waals surface area contributed by atoms with Crippen molar-refractivity contribution in [1.82, 2.24) is 4.90 Å². The van der Waals surface area contributed by atoms with Gasteiger partial charge in [-0.05, 0) is 45.0 Å². The molecule has 1 heterocycles. The third-order valence-corrected chi connectivity index (χ3v) is 10.5. The van der Waals surface area contributed by atoms with Crippen LogP contribution in [0.25, 0.3) is 0 Å². The van der Waals surface area contributed by atoms with Gasteiger partial charge in [0, 0.05) is 6.07 Å². The summed E-state index contributed by atoms with van der Waals surface area (Å²) in [6.45, 7) is 16.4. The number of para-hydroxylation sites is 1. The number of ether oxygens (including phenoxy) is 3. The first-order valence-corrected chi connectivity index (χ1v) is 14.2. The second-order valence-electron chi connectivity index (χ2n) is 11.0. The van der Waals surface area contributed by atoms with Gasteiger partial charge in [0.05, 0.1) is 30.7 Å². The lowest BCUT2D eigenvalue weighted by atomic mass is 10.2. The van der Waals surface area contributed by atoms with Crippen LogP contribution in [-0.4, -0.2) is 68.3 Å². The van der Waals surface area contributed by atoms with Gasteiger partial charge in [-0.2, -0.15) is 0 Å². The number of rotatable bonds is 7. The van der Waals surface area contributed by atoms with Crippen LogP contribution in [0, 0.1) is 15.9 Å². The summed E-state index contributed by atoms with van der Waals surface area (Å²) in [6.07, 6.45) is -1.14. The zero-order chi connectivity index (χ0) is 25.9. The summed E-state index contributed by atoms with van der Waals surface area (Å²) in [7, 11) is -2.06. The van der Waals surface area contributed by atoms with Crippen molar-refractivity contribution in [2.24, 2.45) is 0 Å². The van der Waals surface area contributed by atoms with Crippen molar-refractivity contribution in [1.29, 1.82) is 0 Å². The largest absolute Gasteiger partial charge is 0.482 e. The molecule has 0 N–H and O–H groups in total. The summed E-state index contributed by atoms with van der Waals surface area (Å²) in [5, 5.41) is 11.2. The van der Waals surface area contributed by atoms with E-state index < -0.39 is 48.3 Å². The topological polar surface area (TPSA) is 100 Å². The average molecular weight is 501 g/mol. The second kappa shape index (κ2) is 10.6. The first-order valence-electron chi connectivity index (χ1n) is 11.3. The number of carbonyl (C=O) groups excluding carboxylic acids is 1. The number of benzene rings is 1. The van der Waals surface area contributed by atoms with Gasteiger partial charge in [0.25, 0.3) is 0 Å². The fourth-order valence-corrected chi connectivity index (χ4v) is 4.06. The lowest BCUT2D eigenvalue weighted by Gasteiger charge is -2.42. The number of hydrogen-bond acceptors (Lipinski definition) is 7. The lowest BCUT2D eigenvalue weighted by molar-refractivity contribution is -0.386. The van der Waals surface area contributed by atoms with E-state index >= 15 is 0 Å². The molecular weight excluding hydrogens is 463 g/mol. The van der Waals surface area contributed by atoms with E-state index in [0.29, 0.717) is 6.61 Å². The highest BCUT2D eigenvalue weighted by molar-refractivity contribution is 6.74. The Morgan fingerprint density at radius 3 is 2.44 bits per heavy atom. The van der Waals surface area contributed by atoms with Crippen molar-refractivity contribution < 1.29 is 32.7 Å². The van der Waals surface area contributed by atoms with Crippen LogP contribution in [0.3, 0.4) is 0 Å². The Labute approximate surface area is 201 Å². The number of nitrogens with zero attached hydrogens (tertiary/aromatic N) is 2. The molecule has 0 spiro atoms.